The lowest BCUT2D eigenvalue weighted by Crippen LogP contribution is -2.14. The highest BCUT2D eigenvalue weighted by molar-refractivity contribution is 4.97. The number of rotatable bonds is 8. The number of methoxy groups -OCH3 is 1. The Morgan fingerprint density at radius 2 is 2.27 bits per heavy atom. The van der Waals surface area contributed by atoms with Gasteiger partial charge in [-0.1, -0.05) is 0 Å². The monoisotopic (exact) mass is 213 g/mol. The molecule has 86 valence electrons. The van der Waals surface area contributed by atoms with Crippen LogP contribution < -0.4 is 5.32 Å². The van der Waals surface area contributed by atoms with E-state index in [1.165, 1.54) is 5.69 Å². The Balaban J connectivity index is 2.21. The quantitative estimate of drug-likeness (QED) is 0.630. The number of imidazole rings is 1. The third-order valence-corrected chi connectivity index (χ3v) is 2.06. The van der Waals surface area contributed by atoms with Crippen molar-refractivity contribution >= 4 is 0 Å². The Kier molecular flexibility index (Phi) is 5.99. The van der Waals surface area contributed by atoms with Crippen molar-refractivity contribution in [1.29, 1.82) is 0 Å². The Morgan fingerprint density at radius 3 is 3.00 bits per heavy atom. The summed E-state index contributed by atoms with van der Waals surface area (Å²) in [5.41, 5.74) is 1.17. The third kappa shape index (κ3) is 4.42. The molecule has 1 heterocycles. The molecule has 0 amide bonds. The van der Waals surface area contributed by atoms with Crippen LogP contribution in [-0.4, -0.2) is 43.5 Å². The van der Waals surface area contributed by atoms with Gasteiger partial charge in [0.25, 0.3) is 0 Å². The van der Waals surface area contributed by atoms with Crippen molar-refractivity contribution in [3.05, 3.63) is 18.2 Å². The van der Waals surface area contributed by atoms with E-state index in [-0.39, 0.29) is 0 Å². The minimum atomic E-state index is 0.645. The van der Waals surface area contributed by atoms with Crippen molar-refractivity contribution in [1.82, 2.24) is 14.9 Å². The molecule has 15 heavy (non-hydrogen) atoms. The first-order chi connectivity index (χ1) is 7.38. The maximum absolute atomic E-state index is 5.39. The molecule has 0 radical (unpaired) electrons. The summed E-state index contributed by atoms with van der Waals surface area (Å²) in [6, 6.07) is 0. The number of hydrogen-bond acceptors (Lipinski definition) is 4. The molecular formula is C10H19N3O2. The number of nitrogens with zero attached hydrogens (tertiary/aromatic N) is 2. The Labute approximate surface area is 90.4 Å². The fourth-order valence-electron chi connectivity index (χ4n) is 1.29. The topological polar surface area (TPSA) is 48.3 Å². The van der Waals surface area contributed by atoms with Gasteiger partial charge in [0.1, 0.15) is 0 Å². The normalized spacial score (nSPS) is 10.8. The molecular weight excluding hydrogens is 194 g/mol. The lowest BCUT2D eigenvalue weighted by atomic mass is 10.4. The van der Waals surface area contributed by atoms with Gasteiger partial charge in [-0.15, -0.1) is 0 Å². The second kappa shape index (κ2) is 7.39. The van der Waals surface area contributed by atoms with Crippen molar-refractivity contribution in [2.24, 2.45) is 0 Å². The van der Waals surface area contributed by atoms with Gasteiger partial charge in [-0.25, -0.2) is 4.98 Å². The van der Waals surface area contributed by atoms with Crippen molar-refractivity contribution in [2.75, 3.05) is 34.0 Å². The molecule has 0 fully saturated rings. The van der Waals surface area contributed by atoms with Gasteiger partial charge in [-0.2, -0.15) is 0 Å². The molecule has 0 aliphatic carbocycles. The van der Waals surface area contributed by atoms with Crippen LogP contribution >= 0.6 is 0 Å². The molecule has 0 unspecified atom stereocenters. The first kappa shape index (κ1) is 12.2. The van der Waals surface area contributed by atoms with E-state index < -0.39 is 0 Å². The van der Waals surface area contributed by atoms with E-state index in [9.17, 15) is 0 Å². The highest BCUT2D eigenvalue weighted by atomic mass is 16.5. The van der Waals surface area contributed by atoms with Crippen LogP contribution in [0.2, 0.25) is 0 Å². The maximum Gasteiger partial charge on any atom is 0.0949 e. The van der Waals surface area contributed by atoms with Crippen molar-refractivity contribution in [2.45, 2.75) is 13.1 Å². The van der Waals surface area contributed by atoms with E-state index >= 15 is 0 Å². The summed E-state index contributed by atoms with van der Waals surface area (Å²) in [6.45, 7) is 3.65. The van der Waals surface area contributed by atoms with Crippen LogP contribution in [-0.2, 0) is 22.6 Å². The number of hydrogen-bond donors (Lipinski definition) is 1. The molecule has 0 aliphatic rings. The van der Waals surface area contributed by atoms with Crippen LogP contribution in [0.15, 0.2) is 12.5 Å². The van der Waals surface area contributed by atoms with Gasteiger partial charge >= 0.3 is 0 Å². The summed E-state index contributed by atoms with van der Waals surface area (Å²) >= 11 is 0. The minimum Gasteiger partial charge on any atom is -0.382 e. The molecule has 5 heteroatoms. The van der Waals surface area contributed by atoms with Gasteiger partial charge in [0, 0.05) is 26.4 Å². The lowest BCUT2D eigenvalue weighted by Gasteiger charge is -2.08. The summed E-state index contributed by atoms with van der Waals surface area (Å²) in [6.07, 6.45) is 3.69. The van der Waals surface area contributed by atoms with Gasteiger partial charge in [-0.05, 0) is 7.05 Å². The first-order valence-corrected chi connectivity index (χ1v) is 5.08. The van der Waals surface area contributed by atoms with E-state index in [1.54, 1.807) is 7.11 Å². The fraction of sp³-hybridized carbons (Fsp3) is 0.700. The molecule has 0 saturated carbocycles. The molecule has 0 spiro atoms. The Bertz CT molecular complexity index is 263. The molecule has 0 atom stereocenters. The van der Waals surface area contributed by atoms with E-state index in [1.807, 2.05) is 19.6 Å². The Hall–Kier alpha value is -0.910. The third-order valence-electron chi connectivity index (χ3n) is 2.06. The smallest absolute Gasteiger partial charge is 0.0949 e. The van der Waals surface area contributed by atoms with Crippen LogP contribution in [0.4, 0.5) is 0 Å². The number of nitrogens with one attached hydrogen (secondary N) is 1. The second-order valence-electron chi connectivity index (χ2n) is 3.21. The fourth-order valence-corrected chi connectivity index (χ4v) is 1.29. The molecule has 0 aromatic carbocycles. The summed E-state index contributed by atoms with van der Waals surface area (Å²) in [7, 11) is 3.59. The second-order valence-corrected chi connectivity index (χ2v) is 3.21. The highest BCUT2D eigenvalue weighted by Crippen LogP contribution is 1.98. The summed E-state index contributed by atoms with van der Waals surface area (Å²) < 4.78 is 12.4. The SMILES string of the molecule is CNCc1cncn1CCOCCOC. The summed E-state index contributed by atoms with van der Waals surface area (Å²) in [5.74, 6) is 0. The van der Waals surface area contributed by atoms with Gasteiger partial charge in [0.15, 0.2) is 0 Å². The summed E-state index contributed by atoms with van der Waals surface area (Å²) in [4.78, 5) is 4.10. The first-order valence-electron chi connectivity index (χ1n) is 5.08. The van der Waals surface area contributed by atoms with Gasteiger partial charge in [0.2, 0.25) is 0 Å². The van der Waals surface area contributed by atoms with E-state index in [0.717, 1.165) is 13.1 Å². The standard InChI is InChI=1S/C10H19N3O2/c1-11-7-10-8-12-9-13(10)3-4-15-6-5-14-2/h8-9,11H,3-7H2,1-2H3. The van der Waals surface area contributed by atoms with E-state index in [4.69, 9.17) is 9.47 Å². The van der Waals surface area contributed by atoms with Crippen LogP contribution in [0.3, 0.4) is 0 Å². The van der Waals surface area contributed by atoms with Gasteiger partial charge in [-0.3, -0.25) is 0 Å². The van der Waals surface area contributed by atoms with Crippen LogP contribution in [0, 0.1) is 0 Å². The van der Waals surface area contributed by atoms with Crippen molar-refractivity contribution in [3.8, 4) is 0 Å². The number of ether oxygens (including phenoxy) is 2. The van der Waals surface area contributed by atoms with Crippen LogP contribution in [0.25, 0.3) is 0 Å². The average molecular weight is 213 g/mol. The highest BCUT2D eigenvalue weighted by Gasteiger charge is 1.99. The number of aromatic nitrogens is 2. The molecule has 1 aromatic heterocycles. The van der Waals surface area contributed by atoms with Crippen LogP contribution in [0.5, 0.6) is 0 Å². The average Bonchev–Trinajstić information content (AvgIpc) is 2.66. The minimum absolute atomic E-state index is 0.645. The predicted molar refractivity (Wildman–Crippen MR) is 57.7 cm³/mol. The van der Waals surface area contributed by atoms with Gasteiger partial charge < -0.3 is 19.4 Å². The molecule has 5 nitrogen and oxygen atoms in total. The molecule has 0 saturated heterocycles. The Morgan fingerprint density at radius 1 is 1.40 bits per heavy atom. The van der Waals surface area contributed by atoms with E-state index in [0.29, 0.717) is 19.8 Å². The maximum atomic E-state index is 5.39. The zero-order valence-corrected chi connectivity index (χ0v) is 9.40. The predicted octanol–water partition coefficient (Wildman–Crippen LogP) is 0.266. The molecule has 0 bridgehead atoms. The zero-order valence-electron chi connectivity index (χ0n) is 9.40. The lowest BCUT2D eigenvalue weighted by molar-refractivity contribution is 0.0663. The van der Waals surface area contributed by atoms with Gasteiger partial charge in [0.05, 0.1) is 31.8 Å². The molecule has 1 aromatic rings. The molecule has 0 aliphatic heterocycles. The largest absolute Gasteiger partial charge is 0.382 e. The van der Waals surface area contributed by atoms with Crippen molar-refractivity contribution < 1.29 is 9.47 Å². The van der Waals surface area contributed by atoms with Crippen molar-refractivity contribution in [3.63, 3.8) is 0 Å². The molecule has 1 rings (SSSR count). The van der Waals surface area contributed by atoms with Crippen LogP contribution in [0.1, 0.15) is 5.69 Å². The van der Waals surface area contributed by atoms with E-state index in [2.05, 4.69) is 14.9 Å². The zero-order chi connectivity index (χ0) is 10.9. The molecule has 1 N–H and O–H groups in total. The summed E-state index contributed by atoms with van der Waals surface area (Å²) in [5, 5.41) is 3.10.